The van der Waals surface area contributed by atoms with Crippen LogP contribution in [0.25, 0.3) is 0 Å². The fourth-order valence-electron chi connectivity index (χ4n) is 2.30. The molecule has 1 aromatic carbocycles. The highest BCUT2D eigenvalue weighted by Crippen LogP contribution is 2.29. The number of fused-ring (bicyclic) bond motifs is 1. The Bertz CT molecular complexity index is 313. The maximum absolute atomic E-state index is 12.3. The van der Waals surface area contributed by atoms with Gasteiger partial charge in [-0.05, 0) is 36.3 Å². The molecule has 2 N–H and O–H groups in total. The Morgan fingerprint density at radius 2 is 1.73 bits per heavy atom. The zero-order chi connectivity index (χ0) is 10.8. The molecule has 1 atom stereocenters. The second-order valence-corrected chi connectivity index (χ2v) is 4.28. The predicted octanol–water partition coefficient (Wildman–Crippen LogP) is 2.38. The Labute approximate surface area is 88.3 Å². The standard InChI is InChI=1S/C12H15F2N/c13-12(14)11(15)7-8-5-9-3-1-2-4-10(9)6-8/h1-4,8,11-12H,5-7,15H2. The van der Waals surface area contributed by atoms with Gasteiger partial charge in [0.2, 0.25) is 0 Å². The first kappa shape index (κ1) is 10.6. The molecule has 0 aromatic heterocycles. The maximum Gasteiger partial charge on any atom is 0.253 e. The highest BCUT2D eigenvalue weighted by atomic mass is 19.3. The molecule has 0 amide bonds. The van der Waals surface area contributed by atoms with Crippen LogP contribution >= 0.6 is 0 Å². The molecule has 2 rings (SSSR count). The van der Waals surface area contributed by atoms with Gasteiger partial charge < -0.3 is 5.73 Å². The minimum Gasteiger partial charge on any atom is -0.323 e. The fourth-order valence-corrected chi connectivity index (χ4v) is 2.30. The number of alkyl halides is 2. The number of nitrogens with two attached hydrogens (primary N) is 1. The number of benzene rings is 1. The Balaban J connectivity index is 1.96. The van der Waals surface area contributed by atoms with Crippen LogP contribution in [0, 0.1) is 5.92 Å². The van der Waals surface area contributed by atoms with Gasteiger partial charge in [0.1, 0.15) is 0 Å². The monoisotopic (exact) mass is 211 g/mol. The zero-order valence-corrected chi connectivity index (χ0v) is 8.50. The van der Waals surface area contributed by atoms with E-state index in [1.54, 1.807) is 0 Å². The number of rotatable bonds is 3. The summed E-state index contributed by atoms with van der Waals surface area (Å²) in [5.74, 6) is 0.298. The summed E-state index contributed by atoms with van der Waals surface area (Å²) in [7, 11) is 0. The van der Waals surface area contributed by atoms with Gasteiger partial charge in [0.25, 0.3) is 6.43 Å². The minimum atomic E-state index is -2.39. The molecule has 15 heavy (non-hydrogen) atoms. The summed E-state index contributed by atoms with van der Waals surface area (Å²) in [5, 5.41) is 0. The van der Waals surface area contributed by atoms with Crippen LogP contribution in [0.2, 0.25) is 0 Å². The molecular formula is C12H15F2N. The summed E-state index contributed by atoms with van der Waals surface area (Å²) >= 11 is 0. The largest absolute Gasteiger partial charge is 0.323 e. The van der Waals surface area contributed by atoms with Crippen LogP contribution in [-0.4, -0.2) is 12.5 Å². The molecule has 1 aliphatic carbocycles. The summed E-state index contributed by atoms with van der Waals surface area (Å²) < 4.78 is 24.6. The molecule has 0 spiro atoms. The normalized spacial score (nSPS) is 18.1. The quantitative estimate of drug-likeness (QED) is 0.816. The van der Waals surface area contributed by atoms with Crippen molar-refractivity contribution in [2.75, 3.05) is 0 Å². The number of hydrogen-bond acceptors (Lipinski definition) is 1. The molecule has 0 saturated heterocycles. The smallest absolute Gasteiger partial charge is 0.253 e. The highest BCUT2D eigenvalue weighted by Gasteiger charge is 2.26. The molecule has 1 aliphatic rings. The molecular weight excluding hydrogens is 196 g/mol. The van der Waals surface area contributed by atoms with Crippen molar-refractivity contribution < 1.29 is 8.78 Å². The second kappa shape index (κ2) is 4.27. The van der Waals surface area contributed by atoms with E-state index in [0.717, 1.165) is 12.8 Å². The molecule has 1 unspecified atom stereocenters. The van der Waals surface area contributed by atoms with E-state index in [0.29, 0.717) is 12.3 Å². The topological polar surface area (TPSA) is 26.0 Å². The molecule has 0 bridgehead atoms. The maximum atomic E-state index is 12.3. The molecule has 0 radical (unpaired) electrons. The van der Waals surface area contributed by atoms with Crippen LogP contribution in [-0.2, 0) is 12.8 Å². The summed E-state index contributed by atoms with van der Waals surface area (Å²) in [6.45, 7) is 0. The molecule has 0 aliphatic heterocycles. The van der Waals surface area contributed by atoms with E-state index < -0.39 is 12.5 Å². The van der Waals surface area contributed by atoms with Crippen LogP contribution in [0.15, 0.2) is 24.3 Å². The van der Waals surface area contributed by atoms with Gasteiger partial charge >= 0.3 is 0 Å². The van der Waals surface area contributed by atoms with Gasteiger partial charge in [-0.3, -0.25) is 0 Å². The van der Waals surface area contributed by atoms with Crippen molar-refractivity contribution in [2.45, 2.75) is 31.7 Å². The SMILES string of the molecule is NC(CC1Cc2ccccc2C1)C(F)F. The van der Waals surface area contributed by atoms with Crippen LogP contribution in [0.3, 0.4) is 0 Å². The molecule has 0 fully saturated rings. The van der Waals surface area contributed by atoms with Crippen LogP contribution < -0.4 is 5.73 Å². The lowest BCUT2D eigenvalue weighted by Crippen LogP contribution is -2.31. The average molecular weight is 211 g/mol. The first-order valence-corrected chi connectivity index (χ1v) is 5.27. The van der Waals surface area contributed by atoms with Gasteiger partial charge in [0, 0.05) is 0 Å². The van der Waals surface area contributed by atoms with Gasteiger partial charge in [-0.15, -0.1) is 0 Å². The van der Waals surface area contributed by atoms with E-state index in [2.05, 4.69) is 12.1 Å². The lowest BCUT2D eigenvalue weighted by atomic mass is 9.98. The van der Waals surface area contributed by atoms with Crippen molar-refractivity contribution >= 4 is 0 Å². The molecule has 1 aromatic rings. The average Bonchev–Trinajstić information content (AvgIpc) is 2.59. The van der Waals surface area contributed by atoms with Crippen molar-refractivity contribution in [3.8, 4) is 0 Å². The first-order valence-electron chi connectivity index (χ1n) is 5.27. The minimum absolute atomic E-state index is 0.298. The van der Waals surface area contributed by atoms with Crippen molar-refractivity contribution in [1.29, 1.82) is 0 Å². The van der Waals surface area contributed by atoms with Gasteiger partial charge in [-0.25, -0.2) is 8.78 Å². The van der Waals surface area contributed by atoms with Gasteiger partial charge in [-0.1, -0.05) is 24.3 Å². The molecule has 3 heteroatoms. The van der Waals surface area contributed by atoms with E-state index in [4.69, 9.17) is 5.73 Å². The Morgan fingerprint density at radius 3 is 2.20 bits per heavy atom. The lowest BCUT2D eigenvalue weighted by Gasteiger charge is -2.14. The van der Waals surface area contributed by atoms with E-state index in [1.165, 1.54) is 11.1 Å². The Hall–Kier alpha value is -0.960. The number of hydrogen-bond donors (Lipinski definition) is 1. The molecule has 0 heterocycles. The van der Waals surface area contributed by atoms with Gasteiger partial charge in [0.15, 0.2) is 0 Å². The van der Waals surface area contributed by atoms with E-state index in [9.17, 15) is 8.78 Å². The molecule has 82 valence electrons. The van der Waals surface area contributed by atoms with Crippen molar-refractivity contribution in [3.63, 3.8) is 0 Å². The number of halogens is 2. The molecule has 0 saturated carbocycles. The first-order chi connectivity index (χ1) is 7.16. The second-order valence-electron chi connectivity index (χ2n) is 4.28. The van der Waals surface area contributed by atoms with E-state index >= 15 is 0 Å². The lowest BCUT2D eigenvalue weighted by molar-refractivity contribution is 0.104. The highest BCUT2D eigenvalue weighted by molar-refractivity contribution is 5.32. The van der Waals surface area contributed by atoms with E-state index in [1.807, 2.05) is 12.1 Å². The van der Waals surface area contributed by atoms with Gasteiger partial charge in [0.05, 0.1) is 6.04 Å². The third-order valence-electron chi connectivity index (χ3n) is 3.06. The fraction of sp³-hybridized carbons (Fsp3) is 0.500. The van der Waals surface area contributed by atoms with Crippen LogP contribution in [0.4, 0.5) is 8.78 Å². The van der Waals surface area contributed by atoms with Crippen LogP contribution in [0.5, 0.6) is 0 Å². The van der Waals surface area contributed by atoms with Crippen molar-refractivity contribution in [3.05, 3.63) is 35.4 Å². The summed E-state index contributed by atoms with van der Waals surface area (Å²) in [5.41, 5.74) is 7.97. The Morgan fingerprint density at radius 1 is 1.20 bits per heavy atom. The summed E-state index contributed by atoms with van der Waals surface area (Å²) in [6.07, 6.45) is -0.173. The van der Waals surface area contributed by atoms with Crippen molar-refractivity contribution in [1.82, 2.24) is 0 Å². The van der Waals surface area contributed by atoms with Crippen molar-refractivity contribution in [2.24, 2.45) is 11.7 Å². The predicted molar refractivity (Wildman–Crippen MR) is 55.9 cm³/mol. The summed E-state index contributed by atoms with van der Waals surface area (Å²) in [6, 6.07) is 7.17. The molecule has 1 nitrogen and oxygen atoms in total. The third-order valence-corrected chi connectivity index (χ3v) is 3.06. The van der Waals surface area contributed by atoms with E-state index in [-0.39, 0.29) is 0 Å². The summed E-state index contributed by atoms with van der Waals surface area (Å²) in [4.78, 5) is 0. The van der Waals surface area contributed by atoms with Crippen LogP contribution in [0.1, 0.15) is 17.5 Å². The van der Waals surface area contributed by atoms with Gasteiger partial charge in [-0.2, -0.15) is 0 Å². The zero-order valence-electron chi connectivity index (χ0n) is 8.50. The Kier molecular flexibility index (Phi) is 3.00. The third kappa shape index (κ3) is 2.34.